The molecule has 3 nitrogen and oxygen atoms in total. The maximum absolute atomic E-state index is 10.9. The van der Waals surface area contributed by atoms with E-state index in [0.717, 1.165) is 28.0 Å². The van der Waals surface area contributed by atoms with Gasteiger partial charge in [-0.3, -0.25) is 4.79 Å². The molecule has 1 amide bonds. The highest BCUT2D eigenvalue weighted by atomic mass is 16.3. The molecule has 1 heterocycles. The number of fused-ring (bicyclic) bond motifs is 1. The summed E-state index contributed by atoms with van der Waals surface area (Å²) in [4.78, 5) is 10.9. The molecule has 1 aromatic heterocycles. The minimum atomic E-state index is -0.0747. The second-order valence-electron chi connectivity index (χ2n) is 3.68. The highest BCUT2D eigenvalue weighted by molar-refractivity contribution is 5.92. The molecule has 0 bridgehead atoms. The van der Waals surface area contributed by atoms with Crippen molar-refractivity contribution in [2.45, 2.75) is 20.8 Å². The first kappa shape index (κ1) is 9.77. The molecule has 0 aliphatic carbocycles. The van der Waals surface area contributed by atoms with Crippen molar-refractivity contribution in [3.63, 3.8) is 0 Å². The summed E-state index contributed by atoms with van der Waals surface area (Å²) in [6.07, 6.45) is 0. The average Bonchev–Trinajstić information content (AvgIpc) is 2.41. The van der Waals surface area contributed by atoms with Crippen LogP contribution in [-0.2, 0) is 4.79 Å². The van der Waals surface area contributed by atoms with Gasteiger partial charge in [0.1, 0.15) is 11.3 Å². The smallest absolute Gasteiger partial charge is 0.221 e. The fourth-order valence-corrected chi connectivity index (χ4v) is 1.63. The van der Waals surface area contributed by atoms with Crippen molar-refractivity contribution in [1.82, 2.24) is 0 Å². The van der Waals surface area contributed by atoms with Gasteiger partial charge in [0.05, 0.1) is 0 Å². The van der Waals surface area contributed by atoms with Crippen LogP contribution in [0, 0.1) is 13.8 Å². The van der Waals surface area contributed by atoms with E-state index < -0.39 is 0 Å². The van der Waals surface area contributed by atoms with Gasteiger partial charge in [-0.15, -0.1) is 0 Å². The Morgan fingerprint density at radius 2 is 2.07 bits per heavy atom. The van der Waals surface area contributed by atoms with E-state index in [1.165, 1.54) is 6.92 Å². The SMILES string of the molecule is CC(=O)Nc1ccc2c(C)c(C)oc2c1. The number of rotatable bonds is 1. The van der Waals surface area contributed by atoms with Crippen LogP contribution in [0.5, 0.6) is 0 Å². The summed E-state index contributed by atoms with van der Waals surface area (Å²) >= 11 is 0. The van der Waals surface area contributed by atoms with Crippen LogP contribution in [0.4, 0.5) is 5.69 Å². The molecule has 0 saturated carbocycles. The monoisotopic (exact) mass is 203 g/mol. The second-order valence-corrected chi connectivity index (χ2v) is 3.68. The molecule has 0 saturated heterocycles. The molecule has 0 spiro atoms. The van der Waals surface area contributed by atoms with E-state index in [9.17, 15) is 4.79 Å². The van der Waals surface area contributed by atoms with Gasteiger partial charge in [0.15, 0.2) is 0 Å². The van der Waals surface area contributed by atoms with E-state index in [4.69, 9.17) is 4.42 Å². The number of hydrogen-bond acceptors (Lipinski definition) is 2. The van der Waals surface area contributed by atoms with E-state index in [1.807, 2.05) is 32.0 Å². The number of amides is 1. The quantitative estimate of drug-likeness (QED) is 0.774. The third kappa shape index (κ3) is 1.73. The lowest BCUT2D eigenvalue weighted by atomic mass is 10.1. The minimum absolute atomic E-state index is 0.0747. The molecule has 1 N–H and O–H groups in total. The maximum Gasteiger partial charge on any atom is 0.221 e. The summed E-state index contributed by atoms with van der Waals surface area (Å²) < 4.78 is 5.57. The Balaban J connectivity index is 2.52. The van der Waals surface area contributed by atoms with Gasteiger partial charge in [-0.25, -0.2) is 0 Å². The van der Waals surface area contributed by atoms with E-state index in [1.54, 1.807) is 0 Å². The van der Waals surface area contributed by atoms with Crippen molar-refractivity contribution in [2.75, 3.05) is 5.32 Å². The van der Waals surface area contributed by atoms with Crippen LogP contribution < -0.4 is 5.32 Å². The number of carbonyl (C=O) groups excluding carboxylic acids is 1. The van der Waals surface area contributed by atoms with Crippen molar-refractivity contribution < 1.29 is 9.21 Å². The Kier molecular flexibility index (Phi) is 2.23. The third-order valence-electron chi connectivity index (χ3n) is 2.50. The first-order valence-electron chi connectivity index (χ1n) is 4.85. The lowest BCUT2D eigenvalue weighted by molar-refractivity contribution is -0.114. The van der Waals surface area contributed by atoms with Gasteiger partial charge in [-0.05, 0) is 31.5 Å². The minimum Gasteiger partial charge on any atom is -0.461 e. The fraction of sp³-hybridized carbons (Fsp3) is 0.250. The van der Waals surface area contributed by atoms with Crippen molar-refractivity contribution in [3.05, 3.63) is 29.5 Å². The number of anilines is 1. The van der Waals surface area contributed by atoms with E-state index in [2.05, 4.69) is 5.32 Å². The summed E-state index contributed by atoms with van der Waals surface area (Å²) in [6, 6.07) is 5.69. The number of aryl methyl sites for hydroxylation is 2. The normalized spacial score (nSPS) is 10.6. The summed E-state index contributed by atoms with van der Waals surface area (Å²) in [6.45, 7) is 5.45. The third-order valence-corrected chi connectivity index (χ3v) is 2.50. The average molecular weight is 203 g/mol. The van der Waals surface area contributed by atoms with E-state index in [0.29, 0.717) is 0 Å². The number of furan rings is 1. The van der Waals surface area contributed by atoms with Gasteiger partial charge in [-0.2, -0.15) is 0 Å². The Morgan fingerprint density at radius 1 is 1.33 bits per heavy atom. The molecule has 2 rings (SSSR count). The zero-order chi connectivity index (χ0) is 11.0. The Morgan fingerprint density at radius 3 is 2.73 bits per heavy atom. The van der Waals surface area contributed by atoms with Gasteiger partial charge in [-0.1, -0.05) is 0 Å². The topological polar surface area (TPSA) is 42.2 Å². The number of nitrogens with one attached hydrogen (secondary N) is 1. The molecule has 0 unspecified atom stereocenters. The zero-order valence-corrected chi connectivity index (χ0v) is 9.05. The van der Waals surface area contributed by atoms with Crippen LogP contribution in [0.15, 0.2) is 22.6 Å². The maximum atomic E-state index is 10.9. The van der Waals surface area contributed by atoms with Crippen LogP contribution >= 0.6 is 0 Å². The predicted octanol–water partition coefficient (Wildman–Crippen LogP) is 3.01. The van der Waals surface area contributed by atoms with Gasteiger partial charge in [0, 0.05) is 24.1 Å². The lowest BCUT2D eigenvalue weighted by Crippen LogP contribution is -2.05. The summed E-state index contributed by atoms with van der Waals surface area (Å²) in [5.74, 6) is 0.847. The molecule has 0 aliphatic rings. The standard InChI is InChI=1S/C12H13NO2/c1-7-8(2)15-12-6-10(13-9(3)14)4-5-11(7)12/h4-6H,1-3H3,(H,13,14). The van der Waals surface area contributed by atoms with Crippen LogP contribution in [0.3, 0.4) is 0 Å². The zero-order valence-electron chi connectivity index (χ0n) is 9.05. The van der Waals surface area contributed by atoms with E-state index >= 15 is 0 Å². The van der Waals surface area contributed by atoms with Crippen molar-refractivity contribution >= 4 is 22.6 Å². The van der Waals surface area contributed by atoms with Crippen molar-refractivity contribution in [2.24, 2.45) is 0 Å². The summed E-state index contributed by atoms with van der Waals surface area (Å²) in [5, 5.41) is 3.83. The van der Waals surface area contributed by atoms with Crippen molar-refractivity contribution in [3.8, 4) is 0 Å². The lowest BCUT2D eigenvalue weighted by Gasteiger charge is -2.00. The van der Waals surface area contributed by atoms with Gasteiger partial charge < -0.3 is 9.73 Å². The molecule has 2 aromatic rings. The van der Waals surface area contributed by atoms with Crippen LogP contribution in [0.1, 0.15) is 18.2 Å². The highest BCUT2D eigenvalue weighted by Crippen LogP contribution is 2.26. The first-order valence-corrected chi connectivity index (χ1v) is 4.85. The van der Waals surface area contributed by atoms with Crippen molar-refractivity contribution in [1.29, 1.82) is 0 Å². The van der Waals surface area contributed by atoms with Gasteiger partial charge in [0.25, 0.3) is 0 Å². The number of carbonyl (C=O) groups is 1. The van der Waals surface area contributed by atoms with Crippen LogP contribution in [0.25, 0.3) is 11.0 Å². The molecule has 15 heavy (non-hydrogen) atoms. The van der Waals surface area contributed by atoms with E-state index in [-0.39, 0.29) is 5.91 Å². The molecule has 3 heteroatoms. The molecule has 78 valence electrons. The Hall–Kier alpha value is -1.77. The molecule has 0 radical (unpaired) electrons. The molecule has 1 aromatic carbocycles. The second kappa shape index (κ2) is 3.42. The molecular formula is C12H13NO2. The van der Waals surface area contributed by atoms with Gasteiger partial charge in [0.2, 0.25) is 5.91 Å². The van der Waals surface area contributed by atoms with Crippen LogP contribution in [0.2, 0.25) is 0 Å². The largest absolute Gasteiger partial charge is 0.461 e. The summed E-state index contributed by atoms with van der Waals surface area (Å²) in [5.41, 5.74) is 2.74. The molecule has 0 atom stereocenters. The Labute approximate surface area is 88.1 Å². The summed E-state index contributed by atoms with van der Waals surface area (Å²) in [7, 11) is 0. The fourth-order valence-electron chi connectivity index (χ4n) is 1.63. The molecular weight excluding hydrogens is 190 g/mol. The highest BCUT2D eigenvalue weighted by Gasteiger charge is 2.07. The molecule has 0 fully saturated rings. The number of hydrogen-bond donors (Lipinski definition) is 1. The predicted molar refractivity (Wildman–Crippen MR) is 60.0 cm³/mol. The van der Waals surface area contributed by atoms with Crippen LogP contribution in [-0.4, -0.2) is 5.91 Å². The molecule has 0 aliphatic heterocycles. The Bertz CT molecular complexity index is 526. The number of benzene rings is 1. The first-order chi connectivity index (χ1) is 7.08. The van der Waals surface area contributed by atoms with Gasteiger partial charge >= 0.3 is 0 Å².